The van der Waals surface area contributed by atoms with E-state index in [9.17, 15) is 5.11 Å². The Balaban J connectivity index is 1.99. The highest BCUT2D eigenvalue weighted by molar-refractivity contribution is 5.61. The van der Waals surface area contributed by atoms with E-state index >= 15 is 0 Å². The summed E-state index contributed by atoms with van der Waals surface area (Å²) in [5, 5.41) is 13.2. The zero-order valence-corrected chi connectivity index (χ0v) is 10.8. The first-order valence-corrected chi connectivity index (χ1v) is 6.11. The third-order valence-corrected chi connectivity index (χ3v) is 2.92. The van der Waals surface area contributed by atoms with Crippen molar-refractivity contribution in [1.29, 1.82) is 0 Å². The normalized spacial score (nSPS) is 11.9. The van der Waals surface area contributed by atoms with E-state index in [1.54, 1.807) is 13.2 Å². The highest BCUT2D eigenvalue weighted by atomic mass is 16.5. The molecule has 4 heteroatoms. The van der Waals surface area contributed by atoms with E-state index < -0.39 is 6.10 Å². The number of nitrogens with one attached hydrogen (secondary N) is 1. The van der Waals surface area contributed by atoms with E-state index in [2.05, 4.69) is 5.32 Å². The molecule has 4 N–H and O–H groups in total. The van der Waals surface area contributed by atoms with Gasteiger partial charge in [-0.3, -0.25) is 0 Å². The Hall–Kier alpha value is -2.20. The molecule has 0 aliphatic heterocycles. The van der Waals surface area contributed by atoms with Crippen LogP contribution in [0.3, 0.4) is 0 Å². The zero-order valence-electron chi connectivity index (χ0n) is 10.8. The van der Waals surface area contributed by atoms with Crippen molar-refractivity contribution in [3.8, 4) is 5.75 Å². The Morgan fingerprint density at radius 2 is 1.95 bits per heavy atom. The van der Waals surface area contributed by atoms with Crippen LogP contribution in [0.1, 0.15) is 11.7 Å². The third-order valence-electron chi connectivity index (χ3n) is 2.92. The van der Waals surface area contributed by atoms with Crippen LogP contribution in [0, 0.1) is 0 Å². The predicted molar refractivity (Wildman–Crippen MR) is 77.3 cm³/mol. The van der Waals surface area contributed by atoms with Gasteiger partial charge >= 0.3 is 0 Å². The number of ether oxygens (including phenoxy) is 1. The molecule has 0 saturated heterocycles. The molecule has 0 aliphatic carbocycles. The first-order chi connectivity index (χ1) is 9.20. The quantitative estimate of drug-likeness (QED) is 0.720. The lowest BCUT2D eigenvalue weighted by molar-refractivity contribution is 0.191. The largest absolute Gasteiger partial charge is 0.495 e. The van der Waals surface area contributed by atoms with Gasteiger partial charge in [-0.05, 0) is 17.7 Å². The molecule has 4 nitrogen and oxygen atoms in total. The Morgan fingerprint density at radius 1 is 1.21 bits per heavy atom. The summed E-state index contributed by atoms with van der Waals surface area (Å²) in [5.41, 5.74) is 8.09. The molecule has 0 bridgehead atoms. The van der Waals surface area contributed by atoms with E-state index in [4.69, 9.17) is 10.5 Å². The van der Waals surface area contributed by atoms with Gasteiger partial charge in [0, 0.05) is 18.3 Å². The Bertz CT molecular complexity index is 529. The summed E-state index contributed by atoms with van der Waals surface area (Å²) in [7, 11) is 1.58. The van der Waals surface area contributed by atoms with Gasteiger partial charge in [0.05, 0.1) is 18.9 Å². The van der Waals surface area contributed by atoms with Crippen LogP contribution >= 0.6 is 0 Å². The molecule has 0 saturated carbocycles. The molecule has 2 aromatic rings. The molecular weight excluding hydrogens is 240 g/mol. The summed E-state index contributed by atoms with van der Waals surface area (Å²) in [6.45, 7) is 0.428. The van der Waals surface area contributed by atoms with Crippen LogP contribution in [0.15, 0.2) is 48.5 Å². The van der Waals surface area contributed by atoms with Gasteiger partial charge in [-0.15, -0.1) is 0 Å². The molecule has 0 spiro atoms. The zero-order chi connectivity index (χ0) is 13.7. The average molecular weight is 258 g/mol. The van der Waals surface area contributed by atoms with Gasteiger partial charge in [0.2, 0.25) is 0 Å². The number of aliphatic hydroxyl groups excluding tert-OH is 1. The highest BCUT2D eigenvalue weighted by Crippen LogP contribution is 2.25. The van der Waals surface area contributed by atoms with Crippen LogP contribution < -0.4 is 15.8 Å². The Labute approximate surface area is 112 Å². The van der Waals surface area contributed by atoms with Gasteiger partial charge < -0.3 is 20.9 Å². The highest BCUT2D eigenvalue weighted by Gasteiger charge is 2.07. The van der Waals surface area contributed by atoms with Crippen molar-refractivity contribution in [2.24, 2.45) is 0 Å². The van der Waals surface area contributed by atoms with Crippen molar-refractivity contribution in [2.75, 3.05) is 24.7 Å². The minimum Gasteiger partial charge on any atom is -0.495 e. The van der Waals surface area contributed by atoms with Crippen LogP contribution in [0.4, 0.5) is 11.4 Å². The van der Waals surface area contributed by atoms with Gasteiger partial charge in [0.15, 0.2) is 0 Å². The molecule has 2 aromatic carbocycles. The van der Waals surface area contributed by atoms with Gasteiger partial charge in [-0.2, -0.15) is 0 Å². The van der Waals surface area contributed by atoms with Gasteiger partial charge in [0.1, 0.15) is 5.75 Å². The number of anilines is 2. The lowest BCUT2D eigenvalue weighted by Crippen LogP contribution is -2.12. The molecule has 19 heavy (non-hydrogen) atoms. The van der Waals surface area contributed by atoms with E-state index in [0.717, 1.165) is 11.3 Å². The van der Waals surface area contributed by atoms with E-state index in [-0.39, 0.29) is 0 Å². The van der Waals surface area contributed by atoms with Gasteiger partial charge in [-0.1, -0.05) is 30.3 Å². The van der Waals surface area contributed by atoms with Crippen molar-refractivity contribution >= 4 is 11.4 Å². The second kappa shape index (κ2) is 6.11. The monoisotopic (exact) mass is 258 g/mol. The summed E-state index contributed by atoms with van der Waals surface area (Å²) in [5.74, 6) is 0.624. The standard InChI is InChI=1S/C15H18N2O2/c1-19-15-9-12(7-8-13(15)16)17-10-14(18)11-5-3-2-4-6-11/h2-9,14,17-18H,10,16H2,1H3. The summed E-state index contributed by atoms with van der Waals surface area (Å²) in [6, 6.07) is 15.0. The minimum absolute atomic E-state index is 0.428. The molecule has 1 atom stereocenters. The lowest BCUT2D eigenvalue weighted by Gasteiger charge is -2.14. The van der Waals surface area contributed by atoms with Crippen LogP contribution in [0.2, 0.25) is 0 Å². The Morgan fingerprint density at radius 3 is 2.63 bits per heavy atom. The summed E-state index contributed by atoms with van der Waals surface area (Å²) >= 11 is 0. The molecule has 2 rings (SSSR count). The first-order valence-electron chi connectivity index (χ1n) is 6.11. The number of hydrogen-bond donors (Lipinski definition) is 3. The number of benzene rings is 2. The van der Waals surface area contributed by atoms with Crippen LogP contribution in [-0.2, 0) is 0 Å². The Kier molecular flexibility index (Phi) is 4.26. The average Bonchev–Trinajstić information content (AvgIpc) is 2.47. The number of nitrogen functional groups attached to an aromatic ring is 1. The number of methoxy groups -OCH3 is 1. The molecule has 0 aliphatic rings. The summed E-state index contributed by atoms with van der Waals surface area (Å²) in [6.07, 6.45) is -0.551. The fraction of sp³-hybridized carbons (Fsp3) is 0.200. The third kappa shape index (κ3) is 3.39. The van der Waals surface area contributed by atoms with Crippen molar-refractivity contribution < 1.29 is 9.84 Å². The summed E-state index contributed by atoms with van der Waals surface area (Å²) < 4.78 is 5.15. The molecule has 0 amide bonds. The number of rotatable bonds is 5. The maximum absolute atomic E-state index is 10.0. The fourth-order valence-corrected chi connectivity index (χ4v) is 1.83. The molecule has 0 fully saturated rings. The summed E-state index contributed by atoms with van der Waals surface area (Å²) in [4.78, 5) is 0. The van der Waals surface area contributed by atoms with Crippen LogP contribution in [0.5, 0.6) is 5.75 Å². The number of aliphatic hydroxyl groups is 1. The lowest BCUT2D eigenvalue weighted by atomic mass is 10.1. The van der Waals surface area contributed by atoms with E-state index in [0.29, 0.717) is 18.0 Å². The topological polar surface area (TPSA) is 67.5 Å². The van der Waals surface area contributed by atoms with E-state index in [1.807, 2.05) is 42.5 Å². The van der Waals surface area contributed by atoms with Crippen molar-refractivity contribution in [3.05, 3.63) is 54.1 Å². The number of nitrogens with two attached hydrogens (primary N) is 1. The van der Waals surface area contributed by atoms with Gasteiger partial charge in [-0.25, -0.2) is 0 Å². The maximum atomic E-state index is 10.0. The SMILES string of the molecule is COc1cc(NCC(O)c2ccccc2)ccc1N. The molecule has 0 aromatic heterocycles. The predicted octanol–water partition coefficient (Wildman–Crippen LogP) is 2.42. The second-order valence-electron chi connectivity index (χ2n) is 4.26. The molecule has 1 unspecified atom stereocenters. The molecular formula is C15H18N2O2. The van der Waals surface area contributed by atoms with Gasteiger partial charge in [0.25, 0.3) is 0 Å². The smallest absolute Gasteiger partial charge is 0.143 e. The second-order valence-corrected chi connectivity index (χ2v) is 4.26. The van der Waals surface area contributed by atoms with Crippen molar-refractivity contribution in [2.45, 2.75) is 6.10 Å². The minimum atomic E-state index is -0.551. The molecule has 0 radical (unpaired) electrons. The van der Waals surface area contributed by atoms with Crippen LogP contribution in [0.25, 0.3) is 0 Å². The number of hydrogen-bond acceptors (Lipinski definition) is 4. The molecule has 0 heterocycles. The van der Waals surface area contributed by atoms with Crippen molar-refractivity contribution in [3.63, 3.8) is 0 Å². The maximum Gasteiger partial charge on any atom is 0.143 e. The fourth-order valence-electron chi connectivity index (χ4n) is 1.83. The van der Waals surface area contributed by atoms with E-state index in [1.165, 1.54) is 0 Å². The first kappa shape index (κ1) is 13.2. The molecule has 100 valence electrons. The van der Waals surface area contributed by atoms with Crippen LogP contribution in [-0.4, -0.2) is 18.8 Å². The van der Waals surface area contributed by atoms with Crippen molar-refractivity contribution in [1.82, 2.24) is 0 Å².